The molecular weight excluding hydrogens is 492 g/mol. The maximum Gasteiger partial charge on any atom is 0.335 e. The number of carboxylic acid groups (broad SMARTS) is 1. The minimum atomic E-state index is -1.02. The van der Waals surface area contributed by atoms with E-state index in [9.17, 15) is 19.2 Å². The summed E-state index contributed by atoms with van der Waals surface area (Å²) in [7, 11) is 0. The molecule has 35 heavy (non-hydrogen) atoms. The number of aryl methyl sites for hydroxylation is 2. The summed E-state index contributed by atoms with van der Waals surface area (Å²) >= 11 is 6.68. The third-order valence-corrected chi connectivity index (χ3v) is 6.43. The lowest BCUT2D eigenvalue weighted by molar-refractivity contribution is -0.127. The second-order valence-corrected chi connectivity index (χ2v) is 9.24. The molecule has 0 radical (unpaired) electrons. The van der Waals surface area contributed by atoms with Crippen molar-refractivity contribution in [3.05, 3.63) is 80.9 Å². The number of halogens is 1. The number of aromatic carboxylic acids is 1. The van der Waals surface area contributed by atoms with Gasteiger partial charge in [0.15, 0.2) is 0 Å². The SMILES string of the molecule is Cc1ccc(Cl)cc1NC(=O)CN1C(=O)S/C(=C\c2ccc(-c3ccc(C(=O)O)cc3C)o2)C1=O. The van der Waals surface area contributed by atoms with E-state index in [1.807, 2.05) is 0 Å². The average Bonchev–Trinajstić information content (AvgIpc) is 3.36. The Labute approximate surface area is 209 Å². The molecule has 0 spiro atoms. The molecule has 2 aromatic carbocycles. The number of rotatable bonds is 6. The Morgan fingerprint density at radius 3 is 2.57 bits per heavy atom. The van der Waals surface area contributed by atoms with Crippen LogP contribution in [-0.2, 0) is 9.59 Å². The van der Waals surface area contributed by atoms with E-state index in [1.54, 1.807) is 56.3 Å². The first-order valence-electron chi connectivity index (χ1n) is 10.4. The summed E-state index contributed by atoms with van der Waals surface area (Å²) in [5, 5.41) is 11.7. The molecule has 178 valence electrons. The van der Waals surface area contributed by atoms with E-state index in [1.165, 1.54) is 12.1 Å². The Hall–Kier alpha value is -3.82. The summed E-state index contributed by atoms with van der Waals surface area (Å²) in [6, 6.07) is 13.0. The van der Waals surface area contributed by atoms with Gasteiger partial charge in [0.1, 0.15) is 18.1 Å². The highest BCUT2D eigenvalue weighted by molar-refractivity contribution is 8.18. The van der Waals surface area contributed by atoms with Crippen LogP contribution in [0.25, 0.3) is 17.4 Å². The van der Waals surface area contributed by atoms with Gasteiger partial charge in [-0.05, 0) is 73.1 Å². The Morgan fingerprint density at radius 1 is 1.09 bits per heavy atom. The van der Waals surface area contributed by atoms with Gasteiger partial charge < -0.3 is 14.8 Å². The first-order chi connectivity index (χ1) is 16.6. The Bertz CT molecular complexity index is 1410. The van der Waals surface area contributed by atoms with Crippen molar-refractivity contribution in [1.29, 1.82) is 0 Å². The summed E-state index contributed by atoms with van der Waals surface area (Å²) in [4.78, 5) is 49.8. The van der Waals surface area contributed by atoms with E-state index >= 15 is 0 Å². The fourth-order valence-corrected chi connectivity index (χ4v) is 4.47. The number of carbonyl (C=O) groups excluding carboxylic acids is 3. The number of imide groups is 1. The Balaban J connectivity index is 1.47. The molecule has 2 heterocycles. The molecule has 1 fully saturated rings. The highest BCUT2D eigenvalue weighted by Gasteiger charge is 2.36. The van der Waals surface area contributed by atoms with Crippen LogP contribution in [0.2, 0.25) is 5.02 Å². The van der Waals surface area contributed by atoms with Crippen LogP contribution in [0.4, 0.5) is 10.5 Å². The Kier molecular flexibility index (Phi) is 6.81. The topological polar surface area (TPSA) is 117 Å². The molecule has 8 nitrogen and oxygen atoms in total. The van der Waals surface area contributed by atoms with E-state index in [0.29, 0.717) is 45.1 Å². The molecule has 0 aliphatic carbocycles. The predicted molar refractivity (Wildman–Crippen MR) is 133 cm³/mol. The van der Waals surface area contributed by atoms with Crippen molar-refractivity contribution in [1.82, 2.24) is 4.90 Å². The van der Waals surface area contributed by atoms with Crippen LogP contribution in [0, 0.1) is 13.8 Å². The number of hydrogen-bond acceptors (Lipinski definition) is 6. The predicted octanol–water partition coefficient (Wildman–Crippen LogP) is 5.59. The summed E-state index contributed by atoms with van der Waals surface area (Å²) in [6.07, 6.45) is 1.44. The highest BCUT2D eigenvalue weighted by Crippen LogP contribution is 2.34. The molecule has 1 aliphatic heterocycles. The van der Waals surface area contributed by atoms with Crippen LogP contribution in [0.3, 0.4) is 0 Å². The summed E-state index contributed by atoms with van der Waals surface area (Å²) in [6.45, 7) is 3.13. The van der Waals surface area contributed by atoms with Crippen molar-refractivity contribution in [2.75, 3.05) is 11.9 Å². The van der Waals surface area contributed by atoms with Gasteiger partial charge in [0, 0.05) is 22.3 Å². The van der Waals surface area contributed by atoms with Crippen molar-refractivity contribution in [2.45, 2.75) is 13.8 Å². The average molecular weight is 511 g/mol. The van der Waals surface area contributed by atoms with Crippen LogP contribution in [0.15, 0.2) is 57.9 Å². The second kappa shape index (κ2) is 9.81. The van der Waals surface area contributed by atoms with Crippen molar-refractivity contribution in [3.63, 3.8) is 0 Å². The van der Waals surface area contributed by atoms with E-state index in [0.717, 1.165) is 10.5 Å². The number of nitrogens with one attached hydrogen (secondary N) is 1. The van der Waals surface area contributed by atoms with E-state index in [4.69, 9.17) is 21.1 Å². The molecule has 1 saturated heterocycles. The first kappa shape index (κ1) is 24.3. The van der Waals surface area contributed by atoms with Gasteiger partial charge >= 0.3 is 5.97 Å². The Morgan fingerprint density at radius 2 is 1.86 bits per heavy atom. The normalized spacial score (nSPS) is 14.6. The molecule has 10 heteroatoms. The number of amides is 3. The lowest BCUT2D eigenvalue weighted by Gasteiger charge is -2.13. The fraction of sp³-hybridized carbons (Fsp3) is 0.120. The number of anilines is 1. The number of carboxylic acids is 1. The quantitative estimate of drug-likeness (QED) is 0.415. The van der Waals surface area contributed by atoms with Crippen molar-refractivity contribution < 1.29 is 28.7 Å². The van der Waals surface area contributed by atoms with E-state index in [-0.39, 0.29) is 10.5 Å². The molecule has 0 saturated carbocycles. The zero-order chi connectivity index (χ0) is 25.3. The molecular formula is C25H19ClN2O6S. The highest BCUT2D eigenvalue weighted by atomic mass is 35.5. The largest absolute Gasteiger partial charge is 0.478 e. The molecule has 2 N–H and O–H groups in total. The third kappa shape index (κ3) is 5.31. The van der Waals surface area contributed by atoms with Gasteiger partial charge in [0.2, 0.25) is 5.91 Å². The summed E-state index contributed by atoms with van der Waals surface area (Å²) in [5.41, 5.74) is 2.88. The molecule has 4 rings (SSSR count). The number of benzene rings is 2. The molecule has 1 aromatic heterocycles. The minimum Gasteiger partial charge on any atom is -0.478 e. The molecule has 3 amide bonds. The first-order valence-corrected chi connectivity index (χ1v) is 11.6. The maximum absolute atomic E-state index is 12.8. The van der Waals surface area contributed by atoms with Crippen molar-refractivity contribution in [3.8, 4) is 11.3 Å². The van der Waals surface area contributed by atoms with Crippen molar-refractivity contribution >= 4 is 58.1 Å². The van der Waals surface area contributed by atoms with Crippen molar-refractivity contribution in [2.24, 2.45) is 0 Å². The van der Waals surface area contributed by atoms with Gasteiger partial charge in [-0.25, -0.2) is 4.79 Å². The van der Waals surface area contributed by atoms with Gasteiger partial charge in [-0.3, -0.25) is 19.3 Å². The van der Waals surface area contributed by atoms with Gasteiger partial charge in [0.05, 0.1) is 10.5 Å². The smallest absolute Gasteiger partial charge is 0.335 e. The van der Waals surface area contributed by atoms with Crippen LogP contribution >= 0.6 is 23.4 Å². The monoisotopic (exact) mass is 510 g/mol. The van der Waals surface area contributed by atoms with Crippen LogP contribution in [0.1, 0.15) is 27.2 Å². The molecule has 0 atom stereocenters. The van der Waals surface area contributed by atoms with Crippen LogP contribution in [0.5, 0.6) is 0 Å². The zero-order valence-electron chi connectivity index (χ0n) is 18.6. The van der Waals surface area contributed by atoms with E-state index in [2.05, 4.69) is 5.32 Å². The van der Waals surface area contributed by atoms with Crippen LogP contribution < -0.4 is 5.32 Å². The lowest BCUT2D eigenvalue weighted by atomic mass is 10.0. The fourth-order valence-electron chi connectivity index (χ4n) is 3.48. The van der Waals surface area contributed by atoms with Gasteiger partial charge in [-0.1, -0.05) is 23.7 Å². The lowest BCUT2D eigenvalue weighted by Crippen LogP contribution is -2.36. The summed E-state index contributed by atoms with van der Waals surface area (Å²) < 4.78 is 5.81. The molecule has 0 bridgehead atoms. The second-order valence-electron chi connectivity index (χ2n) is 7.81. The van der Waals surface area contributed by atoms with Gasteiger partial charge in [0.25, 0.3) is 11.1 Å². The summed E-state index contributed by atoms with van der Waals surface area (Å²) in [5.74, 6) is -1.32. The molecule has 0 unspecified atom stereocenters. The number of hydrogen-bond donors (Lipinski definition) is 2. The zero-order valence-corrected chi connectivity index (χ0v) is 20.2. The standard InChI is InChI=1S/C25H19ClN2O6S/c1-13-3-5-16(26)10-19(13)27-22(29)12-28-23(30)21(35-25(28)33)11-17-6-8-20(34-17)18-7-4-15(24(31)32)9-14(18)2/h3-11H,12H2,1-2H3,(H,27,29)(H,31,32)/b21-11-. The minimum absolute atomic E-state index is 0.126. The third-order valence-electron chi connectivity index (χ3n) is 5.29. The number of thioether (sulfide) groups is 1. The molecule has 1 aliphatic rings. The maximum atomic E-state index is 12.8. The van der Waals surface area contributed by atoms with Gasteiger partial charge in [-0.15, -0.1) is 0 Å². The molecule has 3 aromatic rings. The van der Waals surface area contributed by atoms with Crippen LogP contribution in [-0.4, -0.2) is 39.6 Å². The number of nitrogens with zero attached hydrogens (tertiary/aromatic N) is 1. The number of carbonyl (C=O) groups is 4. The van der Waals surface area contributed by atoms with E-state index < -0.39 is 29.6 Å². The number of furan rings is 1. The van der Waals surface area contributed by atoms with Gasteiger partial charge in [-0.2, -0.15) is 0 Å².